The smallest absolute Gasteiger partial charge is 0.153 e. The van der Waals surface area contributed by atoms with Gasteiger partial charge in [-0.25, -0.2) is 0 Å². The normalized spacial score (nSPS) is 15.5. The van der Waals surface area contributed by atoms with Crippen LogP contribution in [-0.4, -0.2) is 26.0 Å². The molecule has 0 amide bonds. The number of hydrogen-bond acceptors (Lipinski definition) is 3. The lowest BCUT2D eigenvalue weighted by Gasteiger charge is -2.29. The average Bonchev–Trinajstić information content (AvgIpc) is 2.45. The highest BCUT2D eigenvalue weighted by Gasteiger charge is 2.13. The molecule has 3 nitrogen and oxygen atoms in total. The van der Waals surface area contributed by atoms with E-state index < -0.39 is 0 Å². The van der Waals surface area contributed by atoms with Gasteiger partial charge in [-0.15, -0.1) is 0 Å². The molecule has 1 aromatic carbocycles. The molecule has 0 bridgehead atoms. The number of anilines is 1. The van der Waals surface area contributed by atoms with Gasteiger partial charge < -0.3 is 9.64 Å². The Kier molecular flexibility index (Phi) is 4.62. The third kappa shape index (κ3) is 3.03. The minimum absolute atomic E-state index is 0.643. The van der Waals surface area contributed by atoms with Crippen molar-refractivity contribution in [3.63, 3.8) is 0 Å². The largest absolute Gasteiger partial charge is 0.493 e. The molecule has 0 aromatic heterocycles. The first-order valence-corrected chi connectivity index (χ1v) is 6.82. The van der Waals surface area contributed by atoms with E-state index in [1.807, 2.05) is 18.2 Å². The van der Waals surface area contributed by atoms with E-state index in [0.717, 1.165) is 31.5 Å². The van der Waals surface area contributed by atoms with Gasteiger partial charge in [0.05, 0.1) is 12.2 Å². The summed E-state index contributed by atoms with van der Waals surface area (Å²) < 4.78 is 5.65. The van der Waals surface area contributed by atoms with Gasteiger partial charge >= 0.3 is 0 Å². The summed E-state index contributed by atoms with van der Waals surface area (Å²) in [5.74, 6) is 0.718. The fourth-order valence-corrected chi connectivity index (χ4v) is 2.31. The quantitative estimate of drug-likeness (QED) is 0.748. The average molecular weight is 247 g/mol. The van der Waals surface area contributed by atoms with Crippen LogP contribution in [0.4, 0.5) is 5.69 Å². The summed E-state index contributed by atoms with van der Waals surface area (Å²) in [5.41, 5.74) is 1.82. The third-order valence-corrected chi connectivity index (χ3v) is 3.31. The molecule has 0 radical (unpaired) electrons. The molecule has 1 saturated heterocycles. The summed E-state index contributed by atoms with van der Waals surface area (Å²) in [6.45, 7) is 4.93. The first kappa shape index (κ1) is 12.9. The fraction of sp³-hybridized carbons (Fsp3) is 0.533. The topological polar surface area (TPSA) is 29.5 Å². The summed E-state index contributed by atoms with van der Waals surface area (Å²) >= 11 is 0. The lowest BCUT2D eigenvalue weighted by Crippen LogP contribution is -2.29. The summed E-state index contributed by atoms with van der Waals surface area (Å²) in [5, 5.41) is 0. The number of carbonyl (C=O) groups is 1. The number of benzene rings is 1. The number of rotatable bonds is 5. The standard InChI is InChI=1S/C15H21NO2/c1-2-10-18-15-11-14(7-6-13(15)12-17)16-8-4-3-5-9-16/h6-7,11-12H,2-5,8-10H2,1H3. The van der Waals surface area contributed by atoms with E-state index in [2.05, 4.69) is 11.8 Å². The molecular formula is C15H21NO2. The van der Waals surface area contributed by atoms with Crippen molar-refractivity contribution in [2.75, 3.05) is 24.6 Å². The van der Waals surface area contributed by atoms with Crippen molar-refractivity contribution in [1.29, 1.82) is 0 Å². The number of carbonyl (C=O) groups excluding carboxylic acids is 1. The van der Waals surface area contributed by atoms with Gasteiger partial charge in [0.2, 0.25) is 0 Å². The van der Waals surface area contributed by atoms with E-state index in [1.54, 1.807) is 0 Å². The van der Waals surface area contributed by atoms with Crippen molar-refractivity contribution in [2.45, 2.75) is 32.6 Å². The highest BCUT2D eigenvalue weighted by atomic mass is 16.5. The van der Waals surface area contributed by atoms with Crippen molar-refractivity contribution in [2.24, 2.45) is 0 Å². The van der Waals surface area contributed by atoms with Crippen LogP contribution in [0, 0.1) is 0 Å². The third-order valence-electron chi connectivity index (χ3n) is 3.31. The molecule has 1 aliphatic rings. The highest BCUT2D eigenvalue weighted by molar-refractivity contribution is 5.80. The van der Waals surface area contributed by atoms with Crippen LogP contribution in [0.15, 0.2) is 18.2 Å². The molecule has 3 heteroatoms. The zero-order chi connectivity index (χ0) is 12.8. The minimum Gasteiger partial charge on any atom is -0.493 e. The lowest BCUT2D eigenvalue weighted by molar-refractivity contribution is 0.111. The van der Waals surface area contributed by atoms with E-state index >= 15 is 0 Å². The van der Waals surface area contributed by atoms with Crippen LogP contribution in [0.25, 0.3) is 0 Å². The Labute approximate surface area is 109 Å². The predicted molar refractivity (Wildman–Crippen MR) is 73.7 cm³/mol. The second-order valence-corrected chi connectivity index (χ2v) is 4.74. The second-order valence-electron chi connectivity index (χ2n) is 4.74. The number of aldehydes is 1. The summed E-state index contributed by atoms with van der Waals surface area (Å²) in [7, 11) is 0. The van der Waals surface area contributed by atoms with E-state index in [0.29, 0.717) is 12.2 Å². The van der Waals surface area contributed by atoms with Gasteiger partial charge in [0.1, 0.15) is 5.75 Å². The van der Waals surface area contributed by atoms with Gasteiger partial charge in [-0.2, -0.15) is 0 Å². The Hall–Kier alpha value is -1.51. The maximum Gasteiger partial charge on any atom is 0.153 e. The molecule has 0 atom stereocenters. The van der Waals surface area contributed by atoms with Crippen LogP contribution >= 0.6 is 0 Å². The second kappa shape index (κ2) is 6.43. The van der Waals surface area contributed by atoms with E-state index in [-0.39, 0.29) is 0 Å². The Morgan fingerprint density at radius 3 is 2.72 bits per heavy atom. The highest BCUT2D eigenvalue weighted by Crippen LogP contribution is 2.27. The zero-order valence-electron chi connectivity index (χ0n) is 11.0. The molecule has 1 fully saturated rings. The van der Waals surface area contributed by atoms with Crippen molar-refractivity contribution in [1.82, 2.24) is 0 Å². The molecule has 1 heterocycles. The SMILES string of the molecule is CCCOc1cc(N2CCCCC2)ccc1C=O. The van der Waals surface area contributed by atoms with Gasteiger partial charge in [0.25, 0.3) is 0 Å². The number of hydrogen-bond donors (Lipinski definition) is 0. The molecule has 2 rings (SSSR count). The molecule has 98 valence electrons. The van der Waals surface area contributed by atoms with Crippen LogP contribution in [-0.2, 0) is 0 Å². The molecular weight excluding hydrogens is 226 g/mol. The van der Waals surface area contributed by atoms with Crippen LogP contribution < -0.4 is 9.64 Å². The predicted octanol–water partition coefficient (Wildman–Crippen LogP) is 3.28. The van der Waals surface area contributed by atoms with Crippen molar-refractivity contribution >= 4 is 12.0 Å². The van der Waals surface area contributed by atoms with Gasteiger partial charge in [-0.3, -0.25) is 4.79 Å². The maximum atomic E-state index is 11.0. The van der Waals surface area contributed by atoms with E-state index in [9.17, 15) is 4.79 Å². The van der Waals surface area contributed by atoms with Crippen LogP contribution in [0.2, 0.25) is 0 Å². The summed E-state index contributed by atoms with van der Waals surface area (Å²) in [4.78, 5) is 13.4. The van der Waals surface area contributed by atoms with Gasteiger partial charge in [0, 0.05) is 24.8 Å². The summed E-state index contributed by atoms with van der Waals surface area (Å²) in [6, 6.07) is 5.89. The first-order chi connectivity index (χ1) is 8.85. The number of nitrogens with zero attached hydrogens (tertiary/aromatic N) is 1. The Morgan fingerprint density at radius 1 is 1.28 bits per heavy atom. The molecule has 1 aliphatic heterocycles. The monoisotopic (exact) mass is 247 g/mol. The van der Waals surface area contributed by atoms with Crippen LogP contribution in [0.5, 0.6) is 5.75 Å². The number of piperidine rings is 1. The van der Waals surface area contributed by atoms with E-state index in [1.165, 1.54) is 24.9 Å². The number of ether oxygens (including phenoxy) is 1. The Morgan fingerprint density at radius 2 is 2.06 bits per heavy atom. The lowest BCUT2D eigenvalue weighted by atomic mass is 10.1. The Balaban J connectivity index is 2.17. The molecule has 0 N–H and O–H groups in total. The first-order valence-electron chi connectivity index (χ1n) is 6.82. The minimum atomic E-state index is 0.643. The van der Waals surface area contributed by atoms with Gasteiger partial charge in [0.15, 0.2) is 6.29 Å². The molecule has 18 heavy (non-hydrogen) atoms. The van der Waals surface area contributed by atoms with Gasteiger partial charge in [-0.05, 0) is 37.8 Å². The van der Waals surface area contributed by atoms with Crippen molar-refractivity contribution in [3.05, 3.63) is 23.8 Å². The molecule has 0 unspecified atom stereocenters. The summed E-state index contributed by atoms with van der Waals surface area (Å²) in [6.07, 6.45) is 5.64. The van der Waals surface area contributed by atoms with Crippen molar-refractivity contribution < 1.29 is 9.53 Å². The Bertz CT molecular complexity index is 397. The van der Waals surface area contributed by atoms with E-state index in [4.69, 9.17) is 4.74 Å². The molecule has 0 saturated carbocycles. The maximum absolute atomic E-state index is 11.0. The van der Waals surface area contributed by atoms with Crippen LogP contribution in [0.3, 0.4) is 0 Å². The van der Waals surface area contributed by atoms with Crippen LogP contribution in [0.1, 0.15) is 43.0 Å². The van der Waals surface area contributed by atoms with Crippen molar-refractivity contribution in [3.8, 4) is 5.75 Å². The fourth-order valence-electron chi connectivity index (χ4n) is 2.31. The zero-order valence-corrected chi connectivity index (χ0v) is 11.0. The molecule has 0 aliphatic carbocycles. The van der Waals surface area contributed by atoms with Gasteiger partial charge in [-0.1, -0.05) is 6.92 Å². The molecule has 1 aromatic rings. The molecule has 0 spiro atoms.